The van der Waals surface area contributed by atoms with Crippen molar-refractivity contribution in [2.24, 2.45) is 0 Å². The lowest BCUT2D eigenvalue weighted by atomic mass is 10.2. The molecule has 0 saturated heterocycles. The summed E-state index contributed by atoms with van der Waals surface area (Å²) in [5, 5.41) is 2.62. The van der Waals surface area contributed by atoms with Crippen LogP contribution >= 0.6 is 11.3 Å². The number of anilines is 1. The van der Waals surface area contributed by atoms with Crippen LogP contribution in [0.5, 0.6) is 0 Å². The first-order chi connectivity index (χ1) is 14.0. The van der Waals surface area contributed by atoms with Gasteiger partial charge in [0.25, 0.3) is 5.56 Å². The van der Waals surface area contributed by atoms with Crippen LogP contribution in [-0.4, -0.2) is 29.1 Å². The molecule has 5 aromatic rings. The van der Waals surface area contributed by atoms with Crippen LogP contribution in [0.3, 0.4) is 0 Å². The van der Waals surface area contributed by atoms with E-state index in [9.17, 15) is 4.79 Å². The summed E-state index contributed by atoms with van der Waals surface area (Å²) in [7, 11) is 0. The van der Waals surface area contributed by atoms with E-state index in [4.69, 9.17) is 10.7 Å². The van der Waals surface area contributed by atoms with Gasteiger partial charge in [0.1, 0.15) is 22.5 Å². The fraction of sp³-hybridized carbons (Fsp3) is 0.150. The van der Waals surface area contributed by atoms with Crippen LogP contribution in [0, 0.1) is 13.8 Å². The molecule has 8 nitrogen and oxygen atoms in total. The smallest absolute Gasteiger partial charge is 0.267 e. The summed E-state index contributed by atoms with van der Waals surface area (Å²) < 4.78 is 3.52. The van der Waals surface area contributed by atoms with E-state index in [1.165, 1.54) is 17.7 Å². The molecule has 0 aliphatic heterocycles. The number of rotatable bonds is 3. The Morgan fingerprint density at radius 1 is 1.10 bits per heavy atom. The number of hydrogen-bond donors (Lipinski definition) is 1. The van der Waals surface area contributed by atoms with Crippen molar-refractivity contribution in [1.29, 1.82) is 0 Å². The third-order valence-electron chi connectivity index (χ3n) is 4.96. The molecule has 144 valence electrons. The molecule has 1 aromatic carbocycles. The molecule has 0 bridgehead atoms. The summed E-state index contributed by atoms with van der Waals surface area (Å²) in [6.07, 6.45) is 3.05. The summed E-state index contributed by atoms with van der Waals surface area (Å²) in [6, 6.07) is 7.79. The van der Waals surface area contributed by atoms with Gasteiger partial charge in [-0.3, -0.25) is 9.36 Å². The zero-order chi connectivity index (χ0) is 20.1. The third-order valence-corrected chi connectivity index (χ3v) is 5.95. The number of hydrogen-bond acceptors (Lipinski definition) is 7. The van der Waals surface area contributed by atoms with Gasteiger partial charge in [-0.05, 0) is 36.4 Å². The summed E-state index contributed by atoms with van der Waals surface area (Å²) in [4.78, 5) is 31.7. The van der Waals surface area contributed by atoms with E-state index < -0.39 is 0 Å². The highest BCUT2D eigenvalue weighted by molar-refractivity contribution is 7.16. The van der Waals surface area contributed by atoms with Crippen molar-refractivity contribution in [3.8, 4) is 5.69 Å². The highest BCUT2D eigenvalue weighted by Gasteiger charge is 2.18. The maximum atomic E-state index is 13.5. The molecule has 29 heavy (non-hydrogen) atoms. The number of fused-ring (bicyclic) bond motifs is 2. The van der Waals surface area contributed by atoms with Gasteiger partial charge < -0.3 is 10.3 Å². The summed E-state index contributed by atoms with van der Waals surface area (Å²) in [5.74, 6) is 0.928. The van der Waals surface area contributed by atoms with Gasteiger partial charge in [-0.25, -0.2) is 19.9 Å². The zero-order valence-electron chi connectivity index (χ0n) is 15.8. The second kappa shape index (κ2) is 6.49. The van der Waals surface area contributed by atoms with Crippen molar-refractivity contribution in [2.75, 3.05) is 5.73 Å². The average molecular weight is 403 g/mol. The fourth-order valence-corrected chi connectivity index (χ4v) is 4.44. The minimum atomic E-state index is -0.0726. The average Bonchev–Trinajstić information content (AvgIpc) is 3.28. The van der Waals surface area contributed by atoms with E-state index in [0.717, 1.165) is 21.6 Å². The van der Waals surface area contributed by atoms with Gasteiger partial charge in [-0.2, -0.15) is 0 Å². The number of aromatic nitrogens is 6. The molecule has 0 radical (unpaired) electrons. The van der Waals surface area contributed by atoms with E-state index in [0.29, 0.717) is 34.7 Å². The molecule has 0 amide bonds. The topological polar surface area (TPSA) is 105 Å². The van der Waals surface area contributed by atoms with Gasteiger partial charge in [-0.15, -0.1) is 11.3 Å². The van der Waals surface area contributed by atoms with Crippen molar-refractivity contribution < 1.29 is 0 Å². The predicted molar refractivity (Wildman–Crippen MR) is 114 cm³/mol. The van der Waals surface area contributed by atoms with Gasteiger partial charge in [0, 0.05) is 0 Å². The number of thiophene rings is 1. The Bertz CT molecular complexity index is 1450. The number of nitrogens with two attached hydrogens (primary N) is 1. The van der Waals surface area contributed by atoms with Crippen LogP contribution in [0.25, 0.3) is 27.1 Å². The quantitative estimate of drug-likeness (QED) is 0.497. The van der Waals surface area contributed by atoms with Crippen LogP contribution in [0.4, 0.5) is 5.82 Å². The lowest BCUT2D eigenvalue weighted by Crippen LogP contribution is -2.25. The van der Waals surface area contributed by atoms with Crippen LogP contribution in [0.15, 0.2) is 47.1 Å². The number of benzene rings is 1. The lowest BCUT2D eigenvalue weighted by Gasteiger charge is -2.15. The van der Waals surface area contributed by atoms with Crippen molar-refractivity contribution in [3.63, 3.8) is 0 Å². The molecule has 2 N–H and O–H groups in total. The number of para-hydroxylation sites is 1. The second-order valence-corrected chi connectivity index (χ2v) is 7.72. The first kappa shape index (κ1) is 17.5. The first-order valence-electron chi connectivity index (χ1n) is 9.01. The molecular formula is C20H17N7OS. The van der Waals surface area contributed by atoms with Crippen LogP contribution in [0.1, 0.15) is 17.0 Å². The molecular weight excluding hydrogens is 386 g/mol. The highest BCUT2D eigenvalue weighted by atomic mass is 32.1. The predicted octanol–water partition coefficient (Wildman–Crippen LogP) is 2.83. The maximum Gasteiger partial charge on any atom is 0.267 e. The van der Waals surface area contributed by atoms with Crippen LogP contribution in [0.2, 0.25) is 0 Å². The molecule has 0 atom stereocenters. The molecule has 9 heteroatoms. The molecule has 0 aliphatic rings. The van der Waals surface area contributed by atoms with E-state index in [-0.39, 0.29) is 5.56 Å². The van der Waals surface area contributed by atoms with Crippen molar-refractivity contribution >= 4 is 38.5 Å². The third kappa shape index (κ3) is 2.70. The summed E-state index contributed by atoms with van der Waals surface area (Å²) in [6.45, 7) is 4.24. The molecule has 0 saturated carbocycles. The van der Waals surface area contributed by atoms with E-state index in [1.54, 1.807) is 10.9 Å². The van der Waals surface area contributed by atoms with Gasteiger partial charge >= 0.3 is 0 Å². The monoisotopic (exact) mass is 403 g/mol. The van der Waals surface area contributed by atoms with Gasteiger partial charge in [0.05, 0.1) is 23.9 Å². The molecule has 4 aromatic heterocycles. The molecule has 0 aliphatic carbocycles. The van der Waals surface area contributed by atoms with Crippen molar-refractivity contribution in [1.82, 2.24) is 29.1 Å². The normalized spacial score (nSPS) is 11.5. The van der Waals surface area contributed by atoms with E-state index in [1.807, 2.05) is 48.1 Å². The Balaban J connectivity index is 1.78. The summed E-state index contributed by atoms with van der Waals surface area (Å²) in [5.41, 5.74) is 9.71. The Labute approximate surface area is 169 Å². The van der Waals surface area contributed by atoms with Crippen molar-refractivity contribution in [3.05, 3.63) is 69.6 Å². The largest absolute Gasteiger partial charge is 0.382 e. The summed E-state index contributed by atoms with van der Waals surface area (Å²) >= 11 is 1.47. The Kier molecular flexibility index (Phi) is 3.92. The molecule has 5 rings (SSSR count). The number of aryl methyl sites for hydroxylation is 2. The van der Waals surface area contributed by atoms with Gasteiger partial charge in [-0.1, -0.05) is 18.2 Å². The minimum Gasteiger partial charge on any atom is -0.382 e. The molecule has 0 spiro atoms. The van der Waals surface area contributed by atoms with Crippen molar-refractivity contribution in [2.45, 2.75) is 20.4 Å². The Morgan fingerprint density at radius 3 is 2.76 bits per heavy atom. The van der Waals surface area contributed by atoms with Gasteiger partial charge in [0.15, 0.2) is 11.5 Å². The Morgan fingerprint density at radius 2 is 1.93 bits per heavy atom. The van der Waals surface area contributed by atoms with Gasteiger partial charge in [0.2, 0.25) is 0 Å². The second-order valence-electron chi connectivity index (χ2n) is 6.86. The number of nitrogen functional groups attached to an aromatic ring is 1. The zero-order valence-corrected chi connectivity index (χ0v) is 16.6. The minimum absolute atomic E-state index is 0.0726. The van der Waals surface area contributed by atoms with E-state index in [2.05, 4.69) is 15.0 Å². The molecule has 0 fully saturated rings. The van der Waals surface area contributed by atoms with Crippen LogP contribution in [-0.2, 0) is 6.54 Å². The first-order valence-corrected chi connectivity index (χ1v) is 9.89. The highest BCUT2D eigenvalue weighted by Crippen LogP contribution is 2.24. The van der Waals surface area contributed by atoms with E-state index >= 15 is 0 Å². The lowest BCUT2D eigenvalue weighted by molar-refractivity contribution is 0.718. The SMILES string of the molecule is Cc1ccccc1-n1c(Cn2cnc3c(N)ncnc32)nc2scc(C)c2c1=O. The Hall–Kier alpha value is -3.59. The molecule has 0 unspecified atom stereocenters. The number of imidazole rings is 1. The standard InChI is InChI=1S/C20H17N7OS/c1-11-5-3-4-6-13(11)27-14(25-19-15(20(27)28)12(2)8-29-19)7-26-10-24-16-17(21)22-9-23-18(16)26/h3-6,8-10H,7H2,1-2H3,(H2,21,22,23). The number of nitrogens with zero attached hydrogens (tertiary/aromatic N) is 6. The molecule has 4 heterocycles. The van der Waals surface area contributed by atoms with Crippen LogP contribution < -0.4 is 11.3 Å². The fourth-order valence-electron chi connectivity index (χ4n) is 3.51. The maximum absolute atomic E-state index is 13.5.